The number of aromatic nitrogens is 4. The lowest BCUT2D eigenvalue weighted by molar-refractivity contribution is -0.156. The standard InChI is InChI=1S/C34H34N6O3/c1-34(2)42-31-29(19-25-11-5-3-6-12-25)39(17-9-15-27-21-35-36-22-27)33(41)40(18-10-16-28-23-37-38-24-28)30(32(31)43-34)20-26-13-7-4-8-14-26/h3-8,11-14,21-24,29-32H,17-20H2,1-2H3,(H,35,36)(H,37,38)/t29-,30-,31+,32+/m1/s1. The van der Waals surface area contributed by atoms with Crippen LogP contribution in [0, 0.1) is 23.7 Å². The fourth-order valence-corrected chi connectivity index (χ4v) is 5.84. The lowest BCUT2D eigenvalue weighted by atomic mass is 9.91. The summed E-state index contributed by atoms with van der Waals surface area (Å²) in [6.45, 7) is 4.29. The number of ether oxygens (including phenoxy) is 2. The van der Waals surface area contributed by atoms with Crippen molar-refractivity contribution in [2.75, 3.05) is 13.1 Å². The Morgan fingerprint density at radius 2 is 1.19 bits per heavy atom. The molecule has 9 nitrogen and oxygen atoms in total. The Labute approximate surface area is 251 Å². The second-order valence-corrected chi connectivity index (χ2v) is 11.2. The number of nitrogens with one attached hydrogen (secondary N) is 2. The summed E-state index contributed by atoms with van der Waals surface area (Å²) in [4.78, 5) is 18.4. The number of rotatable bonds is 6. The molecule has 0 radical (unpaired) electrons. The van der Waals surface area contributed by atoms with Crippen molar-refractivity contribution in [3.63, 3.8) is 0 Å². The molecule has 2 fully saturated rings. The van der Waals surface area contributed by atoms with Crippen LogP contribution in [0.25, 0.3) is 0 Å². The van der Waals surface area contributed by atoms with Crippen molar-refractivity contribution in [3.8, 4) is 23.7 Å². The highest BCUT2D eigenvalue weighted by atomic mass is 16.8. The van der Waals surface area contributed by atoms with Crippen molar-refractivity contribution in [3.05, 3.63) is 108 Å². The van der Waals surface area contributed by atoms with E-state index in [2.05, 4.69) is 68.3 Å². The first-order valence-electron chi connectivity index (χ1n) is 14.4. The fraction of sp³-hybridized carbons (Fsp3) is 0.324. The molecule has 0 aliphatic carbocycles. The van der Waals surface area contributed by atoms with Crippen LogP contribution in [0.2, 0.25) is 0 Å². The van der Waals surface area contributed by atoms with E-state index in [4.69, 9.17) is 9.47 Å². The zero-order chi connectivity index (χ0) is 29.6. The third-order valence-corrected chi connectivity index (χ3v) is 7.75. The van der Waals surface area contributed by atoms with Gasteiger partial charge in [0.2, 0.25) is 0 Å². The van der Waals surface area contributed by atoms with Gasteiger partial charge in [-0.15, -0.1) is 0 Å². The normalized spacial score (nSPS) is 22.6. The number of H-pyrrole nitrogens is 2. The summed E-state index contributed by atoms with van der Waals surface area (Å²) in [5.41, 5.74) is 3.72. The van der Waals surface area contributed by atoms with Gasteiger partial charge in [0, 0.05) is 12.4 Å². The highest BCUT2D eigenvalue weighted by molar-refractivity contribution is 5.77. The van der Waals surface area contributed by atoms with Gasteiger partial charge < -0.3 is 19.3 Å². The molecule has 43 heavy (non-hydrogen) atoms. The lowest BCUT2D eigenvalue weighted by Gasteiger charge is -2.35. The first-order chi connectivity index (χ1) is 21.0. The van der Waals surface area contributed by atoms with Crippen molar-refractivity contribution in [1.82, 2.24) is 30.2 Å². The molecule has 0 unspecified atom stereocenters. The number of aromatic amines is 2. The molecular weight excluding hydrogens is 540 g/mol. The average Bonchev–Trinajstić information content (AvgIpc) is 3.78. The van der Waals surface area contributed by atoms with Gasteiger partial charge in [0.1, 0.15) is 12.2 Å². The minimum absolute atomic E-state index is 0.149. The molecule has 0 bridgehead atoms. The fourth-order valence-electron chi connectivity index (χ4n) is 5.84. The van der Waals surface area contributed by atoms with E-state index < -0.39 is 18.0 Å². The predicted molar refractivity (Wildman–Crippen MR) is 161 cm³/mol. The first kappa shape index (κ1) is 28.3. The Balaban J connectivity index is 1.43. The topological polar surface area (TPSA) is 99.4 Å². The van der Waals surface area contributed by atoms with Gasteiger partial charge >= 0.3 is 6.03 Å². The number of urea groups is 1. The van der Waals surface area contributed by atoms with Crippen molar-refractivity contribution < 1.29 is 14.3 Å². The van der Waals surface area contributed by atoms with Gasteiger partial charge in [-0.1, -0.05) is 84.3 Å². The summed E-state index contributed by atoms with van der Waals surface area (Å²) in [5.74, 6) is 11.9. The van der Waals surface area contributed by atoms with Gasteiger partial charge in [0.15, 0.2) is 5.79 Å². The quantitative estimate of drug-likeness (QED) is 0.339. The van der Waals surface area contributed by atoms with Gasteiger partial charge in [-0.2, -0.15) is 10.2 Å². The Morgan fingerprint density at radius 1 is 0.744 bits per heavy atom. The molecule has 4 heterocycles. The molecular formula is C34H34N6O3. The third-order valence-electron chi connectivity index (χ3n) is 7.75. The van der Waals surface area contributed by atoms with Crippen LogP contribution in [0.3, 0.4) is 0 Å². The monoisotopic (exact) mass is 574 g/mol. The second kappa shape index (κ2) is 12.6. The van der Waals surface area contributed by atoms with Gasteiger partial charge in [-0.3, -0.25) is 10.2 Å². The number of hydrogen-bond acceptors (Lipinski definition) is 5. The Hall–Kier alpha value is -4.83. The summed E-state index contributed by atoms with van der Waals surface area (Å²) < 4.78 is 13.3. The third kappa shape index (κ3) is 6.65. The molecule has 9 heteroatoms. The summed E-state index contributed by atoms with van der Waals surface area (Å²) in [6, 6.07) is 19.6. The highest BCUT2D eigenvalue weighted by Gasteiger charge is 2.55. The van der Waals surface area contributed by atoms with Gasteiger partial charge in [-0.05, 0) is 37.8 Å². The Morgan fingerprint density at radius 3 is 1.58 bits per heavy atom. The zero-order valence-corrected chi connectivity index (χ0v) is 24.2. The van der Waals surface area contributed by atoms with Crippen molar-refractivity contribution >= 4 is 6.03 Å². The highest BCUT2D eigenvalue weighted by Crippen LogP contribution is 2.39. The molecule has 218 valence electrons. The van der Waals surface area contributed by atoms with Crippen molar-refractivity contribution in [1.29, 1.82) is 0 Å². The van der Waals surface area contributed by atoms with E-state index in [1.54, 1.807) is 24.8 Å². The molecule has 2 aromatic carbocycles. The van der Waals surface area contributed by atoms with Crippen molar-refractivity contribution in [2.45, 2.75) is 56.8 Å². The Bertz CT molecular complexity index is 1500. The van der Waals surface area contributed by atoms with E-state index >= 15 is 0 Å². The van der Waals surface area contributed by atoms with Crippen LogP contribution in [-0.4, -0.2) is 79.4 Å². The maximum absolute atomic E-state index is 14.7. The van der Waals surface area contributed by atoms with Crippen LogP contribution >= 0.6 is 0 Å². The van der Waals surface area contributed by atoms with Crippen molar-refractivity contribution in [2.24, 2.45) is 0 Å². The SMILES string of the molecule is CC1(C)O[C@@H]2[C@@H](O1)[C@@H](Cc1ccccc1)N(CC#Cc1cn[nH]c1)C(=O)N(CC#Cc1cn[nH]c1)[C@@H]2Cc1ccccc1. The van der Waals surface area contributed by atoms with E-state index in [9.17, 15) is 4.79 Å². The molecule has 4 atom stereocenters. The van der Waals surface area contributed by atoms with E-state index in [0.29, 0.717) is 12.8 Å². The lowest BCUT2D eigenvalue weighted by Crippen LogP contribution is -2.52. The molecule has 2 aliphatic rings. The van der Waals surface area contributed by atoms with Crippen LogP contribution in [0.1, 0.15) is 36.1 Å². The number of carbonyl (C=O) groups excluding carboxylic acids is 1. The maximum Gasteiger partial charge on any atom is 0.322 e. The first-order valence-corrected chi connectivity index (χ1v) is 14.4. The number of fused-ring (bicyclic) bond motifs is 1. The van der Waals surface area contributed by atoms with E-state index in [1.807, 2.05) is 60.0 Å². The van der Waals surface area contributed by atoms with Gasteiger partial charge in [0.05, 0.1) is 48.7 Å². The van der Waals surface area contributed by atoms with Crippen LogP contribution in [0.15, 0.2) is 85.5 Å². The molecule has 0 saturated carbocycles. The summed E-state index contributed by atoms with van der Waals surface area (Å²) in [6.07, 6.45) is 7.20. The van der Waals surface area contributed by atoms with E-state index in [0.717, 1.165) is 22.3 Å². The van der Waals surface area contributed by atoms with E-state index in [-0.39, 0.29) is 31.2 Å². The molecule has 2 aromatic heterocycles. The Kier molecular flexibility index (Phi) is 8.28. The molecule has 6 rings (SSSR count). The summed E-state index contributed by atoms with van der Waals surface area (Å²) >= 11 is 0. The molecule has 2 amide bonds. The van der Waals surface area contributed by atoms with Gasteiger partial charge in [-0.25, -0.2) is 4.79 Å². The maximum atomic E-state index is 14.7. The minimum Gasteiger partial charge on any atom is -0.342 e. The summed E-state index contributed by atoms with van der Waals surface area (Å²) in [5, 5.41) is 13.6. The predicted octanol–water partition coefficient (Wildman–Crippen LogP) is 4.02. The summed E-state index contributed by atoms with van der Waals surface area (Å²) in [7, 11) is 0. The number of nitrogens with zero attached hydrogens (tertiary/aromatic N) is 4. The molecule has 2 aliphatic heterocycles. The number of hydrogen-bond donors (Lipinski definition) is 2. The molecule has 2 N–H and O–H groups in total. The minimum atomic E-state index is -0.831. The number of amides is 2. The molecule has 4 aromatic rings. The van der Waals surface area contributed by atoms with Crippen LogP contribution in [0.5, 0.6) is 0 Å². The van der Waals surface area contributed by atoms with Crippen LogP contribution in [-0.2, 0) is 22.3 Å². The number of benzene rings is 2. The number of carbonyl (C=O) groups is 1. The largest absolute Gasteiger partial charge is 0.342 e. The second-order valence-electron chi connectivity index (χ2n) is 11.2. The smallest absolute Gasteiger partial charge is 0.322 e. The average molecular weight is 575 g/mol. The van der Waals surface area contributed by atoms with Gasteiger partial charge in [0.25, 0.3) is 0 Å². The van der Waals surface area contributed by atoms with E-state index in [1.165, 1.54) is 0 Å². The zero-order valence-electron chi connectivity index (χ0n) is 24.2. The van der Waals surface area contributed by atoms with Crippen LogP contribution < -0.4 is 0 Å². The molecule has 2 saturated heterocycles. The molecule has 0 spiro atoms. The van der Waals surface area contributed by atoms with Crippen LogP contribution in [0.4, 0.5) is 4.79 Å².